The summed E-state index contributed by atoms with van der Waals surface area (Å²) in [5.74, 6) is -1.07. The number of carbonyl (C=O) groups excluding carboxylic acids is 11. The Morgan fingerprint density at radius 2 is 1.05 bits per heavy atom. The number of anilines is 2. The van der Waals surface area contributed by atoms with Gasteiger partial charge in [0.25, 0.3) is 0 Å². The molecule has 0 radical (unpaired) electrons. The van der Waals surface area contributed by atoms with Crippen LogP contribution in [0.15, 0.2) is 83.3 Å². The highest BCUT2D eigenvalue weighted by molar-refractivity contribution is 7.98. The summed E-state index contributed by atoms with van der Waals surface area (Å²) in [5.41, 5.74) is 21.6. The Morgan fingerprint density at radius 1 is 0.600 bits per heavy atom. The molecule has 0 aliphatic carbocycles. The first-order chi connectivity index (χ1) is 51.7. The van der Waals surface area contributed by atoms with Crippen LogP contribution in [0, 0.1) is 0 Å². The summed E-state index contributed by atoms with van der Waals surface area (Å²) in [6, 6.07) is 15.6. The summed E-state index contributed by atoms with van der Waals surface area (Å²) in [7, 11) is 4.02. The predicted octanol–water partition coefficient (Wildman–Crippen LogP) is 4.23. The molecule has 110 heavy (non-hydrogen) atoms. The van der Waals surface area contributed by atoms with E-state index in [-0.39, 0.29) is 24.9 Å². The maximum absolute atomic E-state index is 13.1. The molecule has 2 fully saturated rings. The van der Waals surface area contributed by atoms with Crippen molar-refractivity contribution in [3.8, 4) is 11.5 Å². The van der Waals surface area contributed by atoms with Crippen LogP contribution < -0.4 is 69.7 Å². The second-order valence-corrected chi connectivity index (χ2v) is 26.6. The molecule has 4 atom stereocenters. The Morgan fingerprint density at radius 3 is 1.44 bits per heavy atom. The monoisotopic (exact) mass is 1610 g/mol. The lowest BCUT2D eigenvalue weighted by molar-refractivity contribution is -0.254. The third-order valence-corrected chi connectivity index (χ3v) is 14.1. The van der Waals surface area contributed by atoms with Gasteiger partial charge >= 0.3 is 48.3 Å². The minimum atomic E-state index is -0.839. The first-order valence-corrected chi connectivity index (χ1v) is 37.2. The molecule has 1 aromatic heterocycles. The molecule has 2 aromatic carbocycles. The number of esters is 4. The van der Waals surface area contributed by atoms with Crippen LogP contribution in [-0.2, 0) is 76.2 Å². The fraction of sp³-hybridized carbons (Fsp3) is 0.594. The van der Waals surface area contributed by atoms with Gasteiger partial charge in [-0.2, -0.15) is 23.5 Å². The zero-order valence-electron chi connectivity index (χ0n) is 64.8. The van der Waals surface area contributed by atoms with Gasteiger partial charge in [0, 0.05) is 118 Å². The van der Waals surface area contributed by atoms with Crippen LogP contribution in [0.5, 0.6) is 11.5 Å². The number of cyclic esters (lactones) is 4. The molecule has 0 saturated carbocycles. The summed E-state index contributed by atoms with van der Waals surface area (Å²) in [6.45, 7) is 20.0. The van der Waals surface area contributed by atoms with E-state index in [9.17, 15) is 52.7 Å². The van der Waals surface area contributed by atoms with Crippen LogP contribution in [0.25, 0.3) is 20.9 Å². The number of amides is 7. The second-order valence-electron chi connectivity index (χ2n) is 24.8. The molecule has 7 amide bonds. The second kappa shape index (κ2) is 62.2. The lowest BCUT2D eigenvalue weighted by Crippen LogP contribution is -3.00. The van der Waals surface area contributed by atoms with Crippen LogP contribution in [0.4, 0.5) is 36.2 Å². The van der Waals surface area contributed by atoms with Crippen molar-refractivity contribution in [2.24, 2.45) is 10.2 Å². The van der Waals surface area contributed by atoms with Gasteiger partial charge in [0.05, 0.1) is 52.9 Å². The number of ether oxygens (including phenoxy) is 11. The zero-order valence-corrected chi connectivity index (χ0v) is 67.1. The van der Waals surface area contributed by atoms with Gasteiger partial charge in [0.1, 0.15) is 65.8 Å². The van der Waals surface area contributed by atoms with Gasteiger partial charge in [-0.05, 0) is 152 Å². The Hall–Kier alpha value is -9.63. The number of carbonyl (C=O) groups is 11. The predicted molar refractivity (Wildman–Crippen MR) is 407 cm³/mol. The smallest absolute Gasteiger partial charge is 0.415 e. The number of rotatable bonds is 40. The van der Waals surface area contributed by atoms with E-state index in [0.717, 1.165) is 11.4 Å². The van der Waals surface area contributed by atoms with Crippen LogP contribution in [0.3, 0.4) is 0 Å². The molecule has 3 aromatic rings. The molecule has 2 saturated heterocycles. The quantitative estimate of drug-likeness (QED) is 0.00751. The minimum absolute atomic E-state index is 0. The number of nitrogens with zero attached hydrogens (tertiary/aromatic N) is 8. The Labute approximate surface area is 655 Å². The number of hydrogen-bond donors (Lipinski definition) is 8. The normalized spacial score (nSPS) is 13.4. The van der Waals surface area contributed by atoms with Crippen molar-refractivity contribution in [2.75, 3.05) is 141 Å². The lowest BCUT2D eigenvalue weighted by Gasteiger charge is -2.23. The number of benzene rings is 2. The summed E-state index contributed by atoms with van der Waals surface area (Å²) in [6.07, 6.45) is 8.28. The molecule has 2 aliphatic heterocycles. The maximum Gasteiger partial charge on any atom is 0.415 e. The number of pyridine rings is 1. The van der Waals surface area contributed by atoms with E-state index in [2.05, 4.69) is 82.2 Å². The number of thioether (sulfide) groups is 2. The number of quaternary nitrogens is 1. The van der Waals surface area contributed by atoms with Crippen molar-refractivity contribution >= 4 is 107 Å². The standard InChI is InChI=1S/C29H47N7O8S.C12H18N4O3.C12H20N2O5.C7H10N2.C5H7NO3S.C4H6O3.ClH/c1-21(37)33-24(8-6-7-13-31-28(40)44-29(2,3)4)26(38)35-25(20-45-5)27(39)34-22-9-11-23(12-10-22)43-19-18-42-17-16-41-15-14-32-36-30;13-11-1-3-12(4-2-11)19-10-9-18-8-7-17-6-5-15-16-14;1-12(2,3)19-10(16)13-7-5-4-6-8-9(15)18-11(17)14-8;1-9(2)7-3-5-8-6-4-7;1-10-2-3-4(7)9-5(8)6-3;1-3(5)7-4(2)6;/h9-12,24-25H,6-8,13-20H2,1-5H3,(H,31,40)(H,33,37)(H,34,39)(H,35,38);1-4H,5-10,13H2;8H,4-7H2,1-3H3,(H,13,16)(H,14,17);3-6H,1-2H3;3H,2H2,1H3,(H,6,8);1-2H3;1H/t24-,25-;;8-;;3-;;/m0.0.0../s1. The van der Waals surface area contributed by atoms with E-state index in [1.54, 1.807) is 78.2 Å². The average Bonchev–Trinajstić information content (AvgIpc) is 1.69. The molecular weight excluding hydrogens is 1500 g/mol. The van der Waals surface area contributed by atoms with Gasteiger partial charge < -0.3 is 112 Å². The molecular formula is C69H109ClN16O22S2. The highest BCUT2D eigenvalue weighted by Gasteiger charge is 2.33. The van der Waals surface area contributed by atoms with E-state index in [0.29, 0.717) is 147 Å². The topological polar surface area (TPSA) is 515 Å². The fourth-order valence-corrected chi connectivity index (χ4v) is 9.14. The molecule has 41 heteroatoms. The van der Waals surface area contributed by atoms with Gasteiger partial charge in [0.15, 0.2) is 0 Å². The van der Waals surface area contributed by atoms with Crippen molar-refractivity contribution in [3.63, 3.8) is 0 Å². The SMILES string of the molecule is CC(=O)OC(C)=O.CC(C)(C)OC(=O)NCCCC[C@@H]1NC(=O)OC1=O.CN(C)c1ccncc1.CSC[C@@H]1NC(=O)OC1=O.CSC[C@H](NC(=O)[C@H](CCCCNC(=O)OC(C)(C)C)NC(C)=O)C(=O)Nc1ccc(OCCOCCOCCN=[N+]=[N-])cc1.[Cl-].[N-]=[N+]=NCCOCCOCCOc1ccc([NH3+])cc1. The van der Waals surface area contributed by atoms with E-state index in [1.165, 1.54) is 50.0 Å². The van der Waals surface area contributed by atoms with Crippen LogP contribution in [0.1, 0.15) is 101 Å². The van der Waals surface area contributed by atoms with E-state index in [4.69, 9.17) is 49.0 Å². The third-order valence-electron chi connectivity index (χ3n) is 12.8. The molecule has 2 aliphatic rings. The van der Waals surface area contributed by atoms with Crippen molar-refractivity contribution in [1.29, 1.82) is 0 Å². The molecule has 0 unspecified atom stereocenters. The fourth-order valence-electron chi connectivity index (χ4n) is 8.02. The highest BCUT2D eigenvalue weighted by Crippen LogP contribution is 2.18. The molecule has 0 bridgehead atoms. The first kappa shape index (κ1) is 102. The van der Waals surface area contributed by atoms with Gasteiger partial charge in [-0.25, -0.2) is 28.8 Å². The summed E-state index contributed by atoms with van der Waals surface area (Å²) in [4.78, 5) is 135. The van der Waals surface area contributed by atoms with Gasteiger partial charge in [-0.1, -0.05) is 10.2 Å². The summed E-state index contributed by atoms with van der Waals surface area (Å²) >= 11 is 2.89. The van der Waals surface area contributed by atoms with Crippen molar-refractivity contribution in [2.45, 2.75) is 136 Å². The van der Waals surface area contributed by atoms with E-state index in [1.807, 2.05) is 67.9 Å². The Kier molecular flexibility index (Phi) is 57.9. The lowest BCUT2D eigenvalue weighted by atomic mass is 10.1. The number of azide groups is 2. The minimum Gasteiger partial charge on any atom is -1.00 e. The molecule has 3 heterocycles. The number of hydrogen-bond acceptors (Lipinski definition) is 28. The van der Waals surface area contributed by atoms with E-state index < -0.39 is 95.4 Å². The molecule has 10 N–H and O–H groups in total. The van der Waals surface area contributed by atoms with Crippen molar-refractivity contribution in [1.82, 2.24) is 36.9 Å². The summed E-state index contributed by atoms with van der Waals surface area (Å²) in [5, 5.41) is 25.0. The van der Waals surface area contributed by atoms with Gasteiger partial charge in [0.2, 0.25) is 17.7 Å². The highest BCUT2D eigenvalue weighted by atomic mass is 35.5. The number of aromatic nitrogens is 1. The van der Waals surface area contributed by atoms with Crippen molar-refractivity contribution < 1.29 is 123 Å². The zero-order chi connectivity index (χ0) is 81.8. The van der Waals surface area contributed by atoms with Gasteiger partial charge in [-0.15, -0.1) is 0 Å². The van der Waals surface area contributed by atoms with Crippen LogP contribution in [0.2, 0.25) is 0 Å². The van der Waals surface area contributed by atoms with E-state index >= 15 is 0 Å². The molecule has 0 spiro atoms. The Balaban J connectivity index is 0. The number of nitrogens with one attached hydrogen (secondary N) is 7. The first-order valence-electron chi connectivity index (χ1n) is 34.4. The van der Waals surface area contributed by atoms with Crippen molar-refractivity contribution in [3.05, 3.63) is 93.9 Å². The molecule has 5 rings (SSSR count). The van der Waals surface area contributed by atoms with Crippen LogP contribution in [-0.4, -0.2) is 237 Å². The maximum atomic E-state index is 13.1. The third kappa shape index (κ3) is 58.4. The number of unbranched alkanes of at least 4 members (excludes halogenated alkanes) is 2. The summed E-state index contributed by atoms with van der Waals surface area (Å²) < 4.78 is 55.1. The average molecular weight is 1610 g/mol. The largest absolute Gasteiger partial charge is 1.00 e. The molecule has 616 valence electrons. The number of halogens is 1. The number of alkyl carbamates (subject to hydrolysis) is 4. The van der Waals surface area contributed by atoms with Gasteiger partial charge in [-0.3, -0.25) is 29.0 Å². The molecule has 38 nitrogen and oxygen atoms in total. The van der Waals surface area contributed by atoms with Crippen LogP contribution >= 0.6 is 23.5 Å². The Bertz CT molecular complexity index is 3270.